The van der Waals surface area contributed by atoms with E-state index in [4.69, 9.17) is 16.3 Å². The van der Waals surface area contributed by atoms with Gasteiger partial charge in [-0.1, -0.05) is 11.6 Å². The first-order valence-corrected chi connectivity index (χ1v) is 8.54. The largest absolute Gasteiger partial charge is 0.504 e. The predicted octanol–water partition coefficient (Wildman–Crippen LogP) is 4.54. The van der Waals surface area contributed by atoms with Crippen LogP contribution in [-0.4, -0.2) is 28.4 Å². The van der Waals surface area contributed by atoms with Gasteiger partial charge < -0.3 is 9.84 Å². The van der Waals surface area contributed by atoms with Gasteiger partial charge in [0.15, 0.2) is 11.5 Å². The van der Waals surface area contributed by atoms with Gasteiger partial charge in [-0.25, -0.2) is 9.37 Å². The lowest BCUT2D eigenvalue weighted by atomic mass is 10.1. The average molecular weight is 431 g/mol. The highest BCUT2D eigenvalue weighted by Crippen LogP contribution is 2.34. The lowest BCUT2D eigenvalue weighted by Crippen LogP contribution is -2.10. The highest BCUT2D eigenvalue weighted by molar-refractivity contribution is 9.10. The number of hydrogen-bond acceptors (Lipinski definition) is 5. The quantitative estimate of drug-likeness (QED) is 0.538. The van der Waals surface area contributed by atoms with E-state index in [9.17, 15) is 19.1 Å². The molecule has 25 heavy (non-hydrogen) atoms. The molecule has 0 spiro atoms. The van der Waals surface area contributed by atoms with Crippen LogP contribution in [0.25, 0.3) is 11.3 Å². The molecule has 0 bridgehead atoms. The number of ether oxygens (including phenoxy) is 1. The first kappa shape index (κ1) is 19.3. The van der Waals surface area contributed by atoms with Crippen molar-refractivity contribution < 1.29 is 23.8 Å². The second-order valence-electron chi connectivity index (χ2n) is 5.04. The lowest BCUT2D eigenvalue weighted by Gasteiger charge is -2.10. The molecule has 0 amide bonds. The zero-order valence-corrected chi connectivity index (χ0v) is 15.5. The minimum atomic E-state index is -0.522. The molecule has 1 heterocycles. The fourth-order valence-electron chi connectivity index (χ4n) is 2.10. The van der Waals surface area contributed by atoms with Crippen LogP contribution in [0.1, 0.15) is 30.3 Å². The zero-order valence-electron chi connectivity index (χ0n) is 13.2. The van der Waals surface area contributed by atoms with Crippen LogP contribution >= 0.6 is 27.5 Å². The Hall–Kier alpha value is -1.99. The Morgan fingerprint density at radius 3 is 2.68 bits per heavy atom. The van der Waals surface area contributed by atoms with E-state index in [0.29, 0.717) is 5.56 Å². The smallest absolute Gasteiger partial charge is 0.306 e. The van der Waals surface area contributed by atoms with Gasteiger partial charge in [0.2, 0.25) is 0 Å². The van der Waals surface area contributed by atoms with E-state index >= 15 is 0 Å². The molecule has 0 aliphatic rings. The molecule has 8 heteroatoms. The summed E-state index contributed by atoms with van der Waals surface area (Å²) < 4.78 is 18.2. The molecule has 0 saturated carbocycles. The number of benzene rings is 1. The third-order valence-electron chi connectivity index (χ3n) is 3.28. The molecule has 5 nitrogen and oxygen atoms in total. The molecule has 2 rings (SSSR count). The Balaban J connectivity index is 2.34. The summed E-state index contributed by atoms with van der Waals surface area (Å²) in [7, 11) is 0. The number of halogens is 3. The van der Waals surface area contributed by atoms with Crippen LogP contribution in [0.4, 0.5) is 4.39 Å². The fourth-order valence-corrected chi connectivity index (χ4v) is 2.77. The van der Waals surface area contributed by atoms with E-state index in [2.05, 4.69) is 20.9 Å². The highest BCUT2D eigenvalue weighted by atomic mass is 79.9. The predicted molar refractivity (Wildman–Crippen MR) is 94.2 cm³/mol. The van der Waals surface area contributed by atoms with E-state index in [1.54, 1.807) is 6.92 Å². The van der Waals surface area contributed by atoms with Gasteiger partial charge in [-0.2, -0.15) is 0 Å². The number of aromatic nitrogens is 1. The standard InChI is InChI=1S/C17H14BrClFNO4/c1-2-25-15(23)6-5-14(22)16-17(24)11(18)8-13(21-16)10-4-3-9(20)7-12(10)19/h3-4,7-8,24H,2,5-6H2,1H3. The van der Waals surface area contributed by atoms with Crippen molar-refractivity contribution in [1.29, 1.82) is 0 Å². The maximum absolute atomic E-state index is 13.2. The van der Waals surface area contributed by atoms with Crippen molar-refractivity contribution in [2.24, 2.45) is 0 Å². The molecular weight excluding hydrogens is 417 g/mol. The maximum Gasteiger partial charge on any atom is 0.306 e. The third-order valence-corrected chi connectivity index (χ3v) is 4.20. The molecule has 0 atom stereocenters. The molecule has 0 saturated heterocycles. The highest BCUT2D eigenvalue weighted by Gasteiger charge is 2.20. The normalized spacial score (nSPS) is 10.6. The van der Waals surface area contributed by atoms with Crippen LogP contribution in [-0.2, 0) is 9.53 Å². The van der Waals surface area contributed by atoms with Gasteiger partial charge in [0.1, 0.15) is 11.5 Å². The van der Waals surface area contributed by atoms with Crippen molar-refractivity contribution >= 4 is 39.3 Å². The molecule has 2 aromatic rings. The summed E-state index contributed by atoms with van der Waals surface area (Å²) in [6.07, 6.45) is -0.278. The molecule has 1 N–H and O–H groups in total. The molecule has 1 aromatic heterocycles. The Kier molecular flexibility index (Phi) is 6.50. The molecule has 1 aromatic carbocycles. The summed E-state index contributed by atoms with van der Waals surface area (Å²) >= 11 is 9.18. The summed E-state index contributed by atoms with van der Waals surface area (Å²) in [5, 5.41) is 10.2. The second kappa shape index (κ2) is 8.40. The van der Waals surface area contributed by atoms with E-state index in [0.717, 1.165) is 6.07 Å². The number of ketones is 1. The topological polar surface area (TPSA) is 76.5 Å². The van der Waals surface area contributed by atoms with E-state index in [-0.39, 0.29) is 46.1 Å². The van der Waals surface area contributed by atoms with Gasteiger partial charge in [0, 0.05) is 12.0 Å². The molecule has 0 aliphatic heterocycles. The van der Waals surface area contributed by atoms with Crippen LogP contribution in [0.15, 0.2) is 28.7 Å². The van der Waals surface area contributed by atoms with Gasteiger partial charge in [0.25, 0.3) is 0 Å². The summed E-state index contributed by atoms with van der Waals surface area (Å²) in [4.78, 5) is 27.8. The summed E-state index contributed by atoms with van der Waals surface area (Å²) in [5.41, 5.74) is 0.492. The molecule has 132 valence electrons. The van der Waals surface area contributed by atoms with Crippen molar-refractivity contribution in [2.75, 3.05) is 6.61 Å². The Morgan fingerprint density at radius 2 is 2.04 bits per heavy atom. The third kappa shape index (κ3) is 4.76. The number of carbonyl (C=O) groups excluding carboxylic acids is 2. The monoisotopic (exact) mass is 429 g/mol. The second-order valence-corrected chi connectivity index (χ2v) is 6.30. The summed E-state index contributed by atoms with van der Waals surface area (Å²) in [6.45, 7) is 1.89. The molecule has 0 aliphatic carbocycles. The maximum atomic E-state index is 13.2. The van der Waals surface area contributed by atoms with Crippen LogP contribution in [0.2, 0.25) is 5.02 Å². The number of Topliss-reactive ketones (excluding diaryl/α,β-unsaturated/α-hetero) is 1. The Bertz CT molecular complexity index is 829. The number of esters is 1. The number of aromatic hydroxyl groups is 1. The van der Waals surface area contributed by atoms with Crippen molar-refractivity contribution in [1.82, 2.24) is 4.98 Å². The number of pyridine rings is 1. The number of nitrogens with zero attached hydrogens (tertiary/aromatic N) is 1. The van der Waals surface area contributed by atoms with Crippen molar-refractivity contribution in [3.8, 4) is 17.0 Å². The van der Waals surface area contributed by atoms with Crippen LogP contribution < -0.4 is 0 Å². The molecule has 0 fully saturated rings. The van der Waals surface area contributed by atoms with E-state index < -0.39 is 17.6 Å². The number of carbonyl (C=O) groups is 2. The van der Waals surface area contributed by atoms with Crippen LogP contribution in [0.5, 0.6) is 5.75 Å². The van der Waals surface area contributed by atoms with E-state index in [1.807, 2.05) is 0 Å². The van der Waals surface area contributed by atoms with Gasteiger partial charge in [-0.05, 0) is 47.1 Å². The van der Waals surface area contributed by atoms with Gasteiger partial charge >= 0.3 is 5.97 Å². The Labute approximate surface area is 156 Å². The summed E-state index contributed by atoms with van der Waals surface area (Å²) in [5.74, 6) is -1.87. The zero-order chi connectivity index (χ0) is 18.6. The van der Waals surface area contributed by atoms with Gasteiger partial charge in [0.05, 0.1) is 28.2 Å². The minimum Gasteiger partial charge on any atom is -0.504 e. The van der Waals surface area contributed by atoms with Gasteiger partial charge in [-0.3, -0.25) is 9.59 Å². The van der Waals surface area contributed by atoms with Crippen molar-refractivity contribution in [3.63, 3.8) is 0 Å². The van der Waals surface area contributed by atoms with Crippen molar-refractivity contribution in [3.05, 3.63) is 45.3 Å². The van der Waals surface area contributed by atoms with Crippen LogP contribution in [0.3, 0.4) is 0 Å². The first-order valence-electron chi connectivity index (χ1n) is 7.37. The van der Waals surface area contributed by atoms with Crippen LogP contribution in [0, 0.1) is 5.82 Å². The molecule has 0 unspecified atom stereocenters. The Morgan fingerprint density at radius 1 is 1.32 bits per heavy atom. The summed E-state index contributed by atoms with van der Waals surface area (Å²) in [6, 6.07) is 5.24. The minimum absolute atomic E-state index is 0.118. The first-order chi connectivity index (χ1) is 11.8. The SMILES string of the molecule is CCOC(=O)CCC(=O)c1nc(-c2ccc(F)cc2Cl)cc(Br)c1O. The average Bonchev–Trinajstić information content (AvgIpc) is 2.55. The fraction of sp³-hybridized carbons (Fsp3) is 0.235. The number of rotatable bonds is 6. The molecular formula is C17H14BrClFNO4. The van der Waals surface area contributed by atoms with E-state index in [1.165, 1.54) is 18.2 Å². The molecule has 0 radical (unpaired) electrons. The van der Waals surface area contributed by atoms with Crippen molar-refractivity contribution in [2.45, 2.75) is 19.8 Å². The lowest BCUT2D eigenvalue weighted by molar-refractivity contribution is -0.143. The van der Waals surface area contributed by atoms with Gasteiger partial charge in [-0.15, -0.1) is 0 Å². The number of hydrogen-bond donors (Lipinski definition) is 1.